The molecule has 1 aromatic carbocycles. The molecule has 0 aliphatic carbocycles. The Bertz CT molecular complexity index is 519. The van der Waals surface area contributed by atoms with Crippen molar-refractivity contribution in [1.29, 1.82) is 0 Å². The third-order valence-electron chi connectivity index (χ3n) is 4.41. The largest absolute Gasteiger partial charge is 0.461 e. The van der Waals surface area contributed by atoms with Crippen LogP contribution in [0.2, 0.25) is 5.02 Å². The van der Waals surface area contributed by atoms with Crippen LogP contribution in [0.3, 0.4) is 0 Å². The number of ether oxygens (including phenoxy) is 2. The molecule has 1 aromatic rings. The Morgan fingerprint density at radius 1 is 1.36 bits per heavy atom. The Hall–Kier alpha value is -1.10. The molecule has 2 aliphatic heterocycles. The van der Waals surface area contributed by atoms with Gasteiger partial charge in [0.1, 0.15) is 12.2 Å². The van der Waals surface area contributed by atoms with Crippen LogP contribution in [0.4, 0.5) is 0 Å². The van der Waals surface area contributed by atoms with Gasteiger partial charge in [0.05, 0.1) is 12.5 Å². The first-order valence-electron chi connectivity index (χ1n) is 7.81. The summed E-state index contributed by atoms with van der Waals surface area (Å²) in [5.74, 6) is -0.0556. The summed E-state index contributed by atoms with van der Waals surface area (Å²) in [4.78, 5) is 14.5. The van der Waals surface area contributed by atoms with Crippen LogP contribution < -0.4 is 0 Å². The standard InChI is InChI=1S/C17H22ClNO3/c1-17(12-22-17)11-19-8-6-14(7-9-19)16(20)21-10-13-2-4-15(18)5-3-13/h2-5,14H,6-12H2,1H3/t17-/m0/s1. The number of piperidine rings is 1. The zero-order valence-electron chi connectivity index (χ0n) is 12.9. The topological polar surface area (TPSA) is 42.1 Å². The van der Waals surface area contributed by atoms with Gasteiger partial charge in [0.2, 0.25) is 0 Å². The van der Waals surface area contributed by atoms with E-state index in [2.05, 4.69) is 11.8 Å². The second-order valence-corrected chi connectivity index (χ2v) is 6.96. The number of esters is 1. The fraction of sp³-hybridized carbons (Fsp3) is 0.588. The molecule has 2 heterocycles. The van der Waals surface area contributed by atoms with Gasteiger partial charge < -0.3 is 14.4 Å². The van der Waals surface area contributed by atoms with Crippen molar-refractivity contribution in [3.63, 3.8) is 0 Å². The minimum Gasteiger partial charge on any atom is -0.461 e. The van der Waals surface area contributed by atoms with E-state index in [9.17, 15) is 4.79 Å². The molecule has 2 saturated heterocycles. The number of halogens is 1. The number of hydrogen-bond donors (Lipinski definition) is 0. The van der Waals surface area contributed by atoms with Crippen molar-refractivity contribution in [2.75, 3.05) is 26.2 Å². The van der Waals surface area contributed by atoms with Gasteiger partial charge in [-0.2, -0.15) is 0 Å². The smallest absolute Gasteiger partial charge is 0.309 e. The molecule has 0 saturated carbocycles. The number of nitrogens with zero attached hydrogens (tertiary/aromatic N) is 1. The van der Waals surface area contributed by atoms with Crippen LogP contribution in [-0.2, 0) is 20.9 Å². The lowest BCUT2D eigenvalue weighted by Crippen LogP contribution is -2.41. The van der Waals surface area contributed by atoms with Crippen LogP contribution in [0.5, 0.6) is 0 Å². The molecular weight excluding hydrogens is 302 g/mol. The maximum absolute atomic E-state index is 12.2. The van der Waals surface area contributed by atoms with E-state index in [1.165, 1.54) is 0 Å². The molecule has 0 unspecified atom stereocenters. The van der Waals surface area contributed by atoms with Crippen LogP contribution in [0.1, 0.15) is 25.3 Å². The zero-order chi connectivity index (χ0) is 15.6. The normalized spacial score (nSPS) is 25.9. The van der Waals surface area contributed by atoms with Crippen molar-refractivity contribution in [2.24, 2.45) is 5.92 Å². The van der Waals surface area contributed by atoms with E-state index in [0.29, 0.717) is 11.6 Å². The molecule has 2 fully saturated rings. The first-order chi connectivity index (χ1) is 10.5. The van der Waals surface area contributed by atoms with Gasteiger partial charge in [-0.3, -0.25) is 4.79 Å². The Labute approximate surface area is 136 Å². The van der Waals surface area contributed by atoms with Gasteiger partial charge in [-0.25, -0.2) is 0 Å². The van der Waals surface area contributed by atoms with Crippen molar-refractivity contribution in [3.05, 3.63) is 34.9 Å². The predicted molar refractivity (Wildman–Crippen MR) is 84.8 cm³/mol. The van der Waals surface area contributed by atoms with E-state index < -0.39 is 0 Å². The fourth-order valence-corrected chi connectivity index (χ4v) is 2.99. The third-order valence-corrected chi connectivity index (χ3v) is 4.66. The molecular formula is C17H22ClNO3. The molecule has 120 valence electrons. The van der Waals surface area contributed by atoms with Crippen molar-refractivity contribution < 1.29 is 14.3 Å². The first-order valence-corrected chi connectivity index (χ1v) is 8.19. The average molecular weight is 324 g/mol. The van der Waals surface area contributed by atoms with E-state index in [1.807, 2.05) is 24.3 Å². The van der Waals surface area contributed by atoms with Crippen LogP contribution in [-0.4, -0.2) is 42.7 Å². The number of benzene rings is 1. The molecule has 1 atom stereocenters. The Kier molecular flexibility index (Phi) is 4.71. The summed E-state index contributed by atoms with van der Waals surface area (Å²) in [5, 5.41) is 0.691. The van der Waals surface area contributed by atoms with Crippen molar-refractivity contribution >= 4 is 17.6 Å². The molecule has 0 radical (unpaired) electrons. The highest BCUT2D eigenvalue weighted by Crippen LogP contribution is 2.29. The number of carbonyl (C=O) groups is 1. The number of rotatable bonds is 5. The van der Waals surface area contributed by atoms with Crippen molar-refractivity contribution in [3.8, 4) is 0 Å². The summed E-state index contributed by atoms with van der Waals surface area (Å²) in [5.41, 5.74) is 1.02. The van der Waals surface area contributed by atoms with E-state index in [4.69, 9.17) is 21.1 Å². The maximum atomic E-state index is 12.2. The van der Waals surface area contributed by atoms with Gasteiger partial charge in [0.15, 0.2) is 0 Å². The van der Waals surface area contributed by atoms with Crippen LogP contribution >= 0.6 is 11.6 Å². The molecule has 2 aliphatic rings. The monoisotopic (exact) mass is 323 g/mol. The van der Waals surface area contributed by atoms with Crippen LogP contribution in [0.15, 0.2) is 24.3 Å². The molecule has 0 bridgehead atoms. The molecule has 3 rings (SSSR count). The third kappa shape index (κ3) is 4.22. The minimum atomic E-state index is -0.0801. The Morgan fingerprint density at radius 2 is 2.00 bits per heavy atom. The van der Waals surface area contributed by atoms with Crippen LogP contribution in [0.25, 0.3) is 0 Å². The van der Waals surface area contributed by atoms with Gasteiger partial charge >= 0.3 is 5.97 Å². The second-order valence-electron chi connectivity index (χ2n) is 6.52. The number of hydrogen-bond acceptors (Lipinski definition) is 4. The van der Waals surface area contributed by atoms with E-state index in [-0.39, 0.29) is 17.5 Å². The second kappa shape index (κ2) is 6.57. The predicted octanol–water partition coefficient (Wildman–Crippen LogP) is 2.88. The molecule has 0 aromatic heterocycles. The summed E-state index contributed by atoms with van der Waals surface area (Å²) in [6, 6.07) is 7.39. The highest BCUT2D eigenvalue weighted by molar-refractivity contribution is 6.30. The number of carbonyl (C=O) groups excluding carboxylic acids is 1. The lowest BCUT2D eigenvalue weighted by molar-refractivity contribution is -0.151. The maximum Gasteiger partial charge on any atom is 0.309 e. The quantitative estimate of drug-likeness (QED) is 0.617. The van der Waals surface area contributed by atoms with Crippen molar-refractivity contribution in [1.82, 2.24) is 4.90 Å². The highest BCUT2D eigenvalue weighted by Gasteiger charge is 2.41. The first kappa shape index (κ1) is 15.8. The summed E-state index contributed by atoms with van der Waals surface area (Å²) in [6.07, 6.45) is 1.74. The Morgan fingerprint density at radius 3 is 2.59 bits per heavy atom. The van der Waals surface area contributed by atoms with Crippen molar-refractivity contribution in [2.45, 2.75) is 32.0 Å². The lowest BCUT2D eigenvalue weighted by Gasteiger charge is -2.31. The van der Waals surface area contributed by atoms with E-state index in [1.54, 1.807) is 0 Å². The summed E-state index contributed by atoms with van der Waals surface area (Å²) in [7, 11) is 0. The molecule has 0 amide bonds. The van der Waals surface area contributed by atoms with Gasteiger partial charge in [-0.05, 0) is 50.6 Å². The minimum absolute atomic E-state index is 0.0245. The molecule has 0 N–H and O–H groups in total. The van der Waals surface area contributed by atoms with E-state index >= 15 is 0 Å². The molecule has 4 nitrogen and oxygen atoms in total. The summed E-state index contributed by atoms with van der Waals surface area (Å²) >= 11 is 5.84. The Balaban J connectivity index is 1.40. The fourth-order valence-electron chi connectivity index (χ4n) is 2.87. The highest BCUT2D eigenvalue weighted by atomic mass is 35.5. The lowest BCUT2D eigenvalue weighted by atomic mass is 9.96. The van der Waals surface area contributed by atoms with Gasteiger partial charge in [-0.15, -0.1) is 0 Å². The van der Waals surface area contributed by atoms with Crippen LogP contribution in [0, 0.1) is 5.92 Å². The molecule has 22 heavy (non-hydrogen) atoms. The van der Waals surface area contributed by atoms with Gasteiger partial charge in [0.25, 0.3) is 0 Å². The summed E-state index contributed by atoms with van der Waals surface area (Å²) in [6.45, 7) is 6.18. The number of likely N-dealkylation sites (tertiary alicyclic amines) is 1. The van der Waals surface area contributed by atoms with Gasteiger partial charge in [0, 0.05) is 11.6 Å². The number of epoxide rings is 1. The molecule has 5 heteroatoms. The summed E-state index contributed by atoms with van der Waals surface area (Å²) < 4.78 is 10.9. The molecule has 0 spiro atoms. The SMILES string of the molecule is C[C@]1(CN2CCC(C(=O)OCc3ccc(Cl)cc3)CC2)CO1. The zero-order valence-corrected chi connectivity index (χ0v) is 13.6. The van der Waals surface area contributed by atoms with Gasteiger partial charge in [-0.1, -0.05) is 23.7 Å². The van der Waals surface area contributed by atoms with E-state index in [0.717, 1.165) is 44.6 Å². The average Bonchev–Trinajstić information content (AvgIpc) is 3.24.